The quantitative estimate of drug-likeness (QED) is 0.367. The molecule has 9 nitrogen and oxygen atoms in total. The molecule has 0 spiro atoms. The number of piperazine rings is 1. The number of hydrogen-bond donors (Lipinski definition) is 2. The first-order valence-electron chi connectivity index (χ1n) is 10.1. The Hall–Kier alpha value is -2.46. The zero-order chi connectivity index (χ0) is 22.4. The van der Waals surface area contributed by atoms with Crippen molar-refractivity contribution >= 4 is 41.1 Å². The number of rotatable bonds is 7. The van der Waals surface area contributed by atoms with E-state index in [4.69, 9.17) is 16.0 Å². The van der Waals surface area contributed by atoms with Gasteiger partial charge in [-0.25, -0.2) is 14.8 Å². The molecule has 3 amide bonds. The second-order valence-corrected chi connectivity index (χ2v) is 8.90. The lowest BCUT2D eigenvalue weighted by molar-refractivity contribution is -0.118. The number of anilines is 1. The first kappa shape index (κ1) is 23.2. The Bertz CT molecular complexity index is 895. The zero-order valence-corrected chi connectivity index (χ0v) is 19.4. The lowest BCUT2D eigenvalue weighted by Crippen LogP contribution is -2.57. The highest BCUT2D eigenvalue weighted by atomic mass is 35.5. The molecule has 1 aliphatic rings. The average Bonchev–Trinajstić information content (AvgIpc) is 3.23. The first-order chi connectivity index (χ1) is 14.8. The third kappa shape index (κ3) is 6.76. The summed E-state index contributed by atoms with van der Waals surface area (Å²) in [5, 5.41) is 6.47. The summed E-state index contributed by atoms with van der Waals surface area (Å²) in [6.07, 6.45) is 1.56. The van der Waals surface area contributed by atoms with E-state index in [1.807, 2.05) is 25.7 Å². The second kappa shape index (κ2) is 10.7. The van der Waals surface area contributed by atoms with Crippen LogP contribution >= 0.6 is 23.4 Å². The fourth-order valence-corrected chi connectivity index (χ4v) is 4.10. The molecule has 0 saturated carbocycles. The molecule has 1 aliphatic heterocycles. The van der Waals surface area contributed by atoms with Crippen LogP contribution in [0.15, 0.2) is 34.0 Å². The molecule has 2 N–H and O–H groups in total. The zero-order valence-electron chi connectivity index (χ0n) is 17.8. The van der Waals surface area contributed by atoms with Gasteiger partial charge in [-0.3, -0.25) is 4.79 Å². The van der Waals surface area contributed by atoms with Crippen LogP contribution in [0.5, 0.6) is 0 Å². The maximum atomic E-state index is 12.4. The molecule has 0 aromatic carbocycles. The van der Waals surface area contributed by atoms with Crippen molar-refractivity contribution in [1.29, 1.82) is 0 Å². The lowest BCUT2D eigenvalue weighted by Gasteiger charge is -2.40. The van der Waals surface area contributed by atoms with E-state index in [0.29, 0.717) is 48.1 Å². The van der Waals surface area contributed by atoms with Crippen LogP contribution in [0.2, 0.25) is 5.15 Å². The predicted molar refractivity (Wildman–Crippen MR) is 120 cm³/mol. The van der Waals surface area contributed by atoms with E-state index >= 15 is 0 Å². The van der Waals surface area contributed by atoms with Gasteiger partial charge in [-0.1, -0.05) is 23.4 Å². The van der Waals surface area contributed by atoms with Gasteiger partial charge in [-0.2, -0.15) is 0 Å². The van der Waals surface area contributed by atoms with Crippen molar-refractivity contribution < 1.29 is 14.0 Å². The van der Waals surface area contributed by atoms with Crippen LogP contribution < -0.4 is 15.5 Å². The Morgan fingerprint density at radius 1 is 1.35 bits per heavy atom. The molecule has 1 unspecified atom stereocenters. The summed E-state index contributed by atoms with van der Waals surface area (Å²) in [5.41, 5.74) is 0. The highest BCUT2D eigenvalue weighted by molar-refractivity contribution is 7.99. The maximum absolute atomic E-state index is 12.4. The van der Waals surface area contributed by atoms with E-state index in [2.05, 4.69) is 25.5 Å². The van der Waals surface area contributed by atoms with Gasteiger partial charge in [-0.15, -0.1) is 0 Å². The van der Waals surface area contributed by atoms with Crippen LogP contribution in [0.1, 0.15) is 26.5 Å². The van der Waals surface area contributed by atoms with E-state index in [1.165, 1.54) is 11.8 Å². The lowest BCUT2D eigenvalue weighted by atomic mass is 10.2. The number of thioether (sulfide) groups is 1. The molecule has 2 aromatic rings. The van der Waals surface area contributed by atoms with E-state index in [-0.39, 0.29) is 29.8 Å². The molecule has 0 aliphatic carbocycles. The fourth-order valence-electron chi connectivity index (χ4n) is 3.19. The molecule has 168 valence electrons. The minimum atomic E-state index is -0.148. The monoisotopic (exact) mass is 466 g/mol. The normalized spacial score (nSPS) is 16.5. The highest BCUT2D eigenvalue weighted by Crippen LogP contribution is 2.24. The van der Waals surface area contributed by atoms with E-state index < -0.39 is 0 Å². The summed E-state index contributed by atoms with van der Waals surface area (Å²) in [4.78, 5) is 37.1. The van der Waals surface area contributed by atoms with Gasteiger partial charge >= 0.3 is 6.03 Å². The predicted octanol–water partition coefficient (Wildman–Crippen LogP) is 2.76. The molecule has 1 fully saturated rings. The van der Waals surface area contributed by atoms with Gasteiger partial charge in [0.25, 0.3) is 0 Å². The van der Waals surface area contributed by atoms with Crippen molar-refractivity contribution in [2.24, 2.45) is 0 Å². The Morgan fingerprint density at radius 2 is 2.16 bits per heavy atom. The van der Waals surface area contributed by atoms with Gasteiger partial charge in [0.05, 0.1) is 18.6 Å². The van der Waals surface area contributed by atoms with Crippen LogP contribution in [0.3, 0.4) is 0 Å². The Kier molecular flexibility index (Phi) is 8.03. The molecule has 1 saturated heterocycles. The molecule has 3 rings (SSSR count). The standard InChI is InChI=1S/C20H27ClN6O3S/c1-13(2)23-20(29)27-7-6-26(11-14(27)3)17-9-16(21)24-19(25-17)31-12-18(28)22-10-15-5-4-8-30-15/h4-5,8-9,13-14H,6-7,10-12H2,1-3H3,(H,22,28)(H,23,29). The summed E-state index contributed by atoms with van der Waals surface area (Å²) < 4.78 is 5.20. The topological polar surface area (TPSA) is 104 Å². The Morgan fingerprint density at radius 3 is 2.84 bits per heavy atom. The molecular weight excluding hydrogens is 440 g/mol. The summed E-state index contributed by atoms with van der Waals surface area (Å²) >= 11 is 7.43. The average molecular weight is 467 g/mol. The van der Waals surface area contributed by atoms with E-state index in [9.17, 15) is 9.59 Å². The molecule has 3 heterocycles. The third-order valence-corrected chi connectivity index (χ3v) is 5.70. The molecule has 11 heteroatoms. The first-order valence-corrected chi connectivity index (χ1v) is 11.5. The van der Waals surface area contributed by atoms with Gasteiger partial charge in [0, 0.05) is 37.8 Å². The summed E-state index contributed by atoms with van der Waals surface area (Å²) in [5.74, 6) is 1.40. The van der Waals surface area contributed by atoms with Crippen LogP contribution in [-0.2, 0) is 11.3 Å². The molecule has 31 heavy (non-hydrogen) atoms. The molecular formula is C20H27ClN6O3S. The molecule has 1 atom stereocenters. The van der Waals surface area contributed by atoms with Crippen molar-refractivity contribution in [2.75, 3.05) is 30.3 Å². The van der Waals surface area contributed by atoms with Crippen LogP contribution in [-0.4, -0.2) is 64.3 Å². The third-order valence-electron chi connectivity index (χ3n) is 4.66. The summed E-state index contributed by atoms with van der Waals surface area (Å²) in [6, 6.07) is 5.33. The van der Waals surface area contributed by atoms with Crippen molar-refractivity contribution in [3.63, 3.8) is 0 Å². The number of carbonyl (C=O) groups excluding carboxylic acids is 2. The number of halogens is 1. The van der Waals surface area contributed by atoms with Gasteiger partial charge < -0.3 is 24.9 Å². The van der Waals surface area contributed by atoms with Crippen LogP contribution in [0.25, 0.3) is 0 Å². The minimum absolute atomic E-state index is 0.0183. The molecule has 2 aromatic heterocycles. The minimum Gasteiger partial charge on any atom is -0.467 e. The number of hydrogen-bond acceptors (Lipinski definition) is 7. The van der Waals surface area contributed by atoms with Gasteiger partial charge in [0.2, 0.25) is 5.91 Å². The van der Waals surface area contributed by atoms with Crippen molar-refractivity contribution in [3.8, 4) is 0 Å². The van der Waals surface area contributed by atoms with Gasteiger partial charge in [-0.05, 0) is 32.9 Å². The Labute approximate surface area is 190 Å². The number of furan rings is 1. The van der Waals surface area contributed by atoms with Crippen molar-refractivity contribution in [2.45, 2.75) is 44.6 Å². The van der Waals surface area contributed by atoms with E-state index in [0.717, 1.165) is 0 Å². The molecule has 0 radical (unpaired) electrons. The highest BCUT2D eigenvalue weighted by Gasteiger charge is 2.28. The fraction of sp³-hybridized carbons (Fsp3) is 0.500. The number of nitrogens with one attached hydrogen (secondary N) is 2. The second-order valence-electron chi connectivity index (χ2n) is 7.57. The van der Waals surface area contributed by atoms with Crippen molar-refractivity contribution in [3.05, 3.63) is 35.4 Å². The van der Waals surface area contributed by atoms with Crippen LogP contribution in [0.4, 0.5) is 10.6 Å². The largest absolute Gasteiger partial charge is 0.467 e. The smallest absolute Gasteiger partial charge is 0.317 e. The van der Waals surface area contributed by atoms with Crippen LogP contribution in [0, 0.1) is 0 Å². The number of aromatic nitrogens is 2. The van der Waals surface area contributed by atoms with Gasteiger partial charge in [0.15, 0.2) is 5.16 Å². The summed E-state index contributed by atoms with van der Waals surface area (Å²) in [7, 11) is 0. The van der Waals surface area contributed by atoms with Crippen molar-refractivity contribution in [1.82, 2.24) is 25.5 Å². The SMILES string of the molecule is CC(C)NC(=O)N1CCN(c2cc(Cl)nc(SCC(=O)NCc3ccco3)n2)CC1C. The summed E-state index contributed by atoms with van der Waals surface area (Å²) in [6.45, 7) is 8.08. The maximum Gasteiger partial charge on any atom is 0.317 e. The van der Waals surface area contributed by atoms with E-state index in [1.54, 1.807) is 24.5 Å². The number of amides is 3. The van der Waals surface area contributed by atoms with Gasteiger partial charge in [0.1, 0.15) is 16.7 Å². The number of urea groups is 1. The molecule has 0 bridgehead atoms. The number of carbonyl (C=O) groups is 2. The Balaban J connectivity index is 1.55. The number of nitrogens with zero attached hydrogens (tertiary/aromatic N) is 4.